The molecule has 1 aromatic rings. The lowest BCUT2D eigenvalue weighted by atomic mass is 9.81. The van der Waals surface area contributed by atoms with Crippen LogP contribution in [0.3, 0.4) is 0 Å². The molecule has 2 heterocycles. The van der Waals surface area contributed by atoms with Crippen LogP contribution in [0.5, 0.6) is 0 Å². The second-order valence-electron chi connectivity index (χ2n) is 5.27. The van der Waals surface area contributed by atoms with Crippen LogP contribution in [0.15, 0.2) is 11.6 Å². The summed E-state index contributed by atoms with van der Waals surface area (Å²) in [7, 11) is 0. The van der Waals surface area contributed by atoms with E-state index in [-0.39, 0.29) is 11.8 Å². The lowest BCUT2D eigenvalue weighted by Gasteiger charge is -2.37. The van der Waals surface area contributed by atoms with E-state index >= 15 is 0 Å². The first-order valence-corrected chi connectivity index (χ1v) is 7.93. The van der Waals surface area contributed by atoms with E-state index in [9.17, 15) is 9.59 Å². The first-order chi connectivity index (χ1) is 9.60. The van der Waals surface area contributed by atoms with Gasteiger partial charge in [-0.3, -0.25) is 9.59 Å². The van der Waals surface area contributed by atoms with E-state index in [2.05, 4.69) is 17.2 Å². The molecule has 2 atom stereocenters. The van der Waals surface area contributed by atoms with Crippen molar-refractivity contribution in [2.45, 2.75) is 33.1 Å². The van der Waals surface area contributed by atoms with Crippen LogP contribution in [0.2, 0.25) is 0 Å². The number of amides is 2. The third-order valence-electron chi connectivity index (χ3n) is 3.99. The van der Waals surface area contributed by atoms with Crippen molar-refractivity contribution < 1.29 is 9.59 Å². The number of thiazole rings is 1. The lowest BCUT2D eigenvalue weighted by molar-refractivity contribution is -0.131. The number of anilines is 1. The summed E-state index contributed by atoms with van der Waals surface area (Å²) in [6.07, 6.45) is 4.10. The minimum atomic E-state index is 0.0275. The van der Waals surface area contributed by atoms with Gasteiger partial charge in [-0.15, -0.1) is 11.3 Å². The maximum atomic E-state index is 12.0. The van der Waals surface area contributed by atoms with Crippen molar-refractivity contribution in [3.63, 3.8) is 0 Å². The summed E-state index contributed by atoms with van der Waals surface area (Å²) < 4.78 is 0. The molecule has 0 spiro atoms. The van der Waals surface area contributed by atoms with Crippen LogP contribution in [0.4, 0.5) is 5.13 Å². The largest absolute Gasteiger partial charge is 0.343 e. The molecule has 1 fully saturated rings. The molecule has 0 bridgehead atoms. The Morgan fingerprint density at radius 2 is 2.30 bits per heavy atom. The molecule has 5 nitrogen and oxygen atoms in total. The number of hydrogen-bond donors (Lipinski definition) is 1. The Hall–Kier alpha value is -1.43. The van der Waals surface area contributed by atoms with Gasteiger partial charge in [-0.25, -0.2) is 4.98 Å². The highest BCUT2D eigenvalue weighted by Gasteiger charge is 2.30. The standard InChI is InChI=1S/C14H21N3O2S/c1-3-11-9-17(10(2)18)6-4-12(11)8-13(19)16-14-15-5-7-20-14/h5,7,11-12H,3-4,6,8-9H2,1-2H3,(H,15,16,19)/t11-,12+/m1/s1. The summed E-state index contributed by atoms with van der Waals surface area (Å²) in [5, 5.41) is 5.34. The Morgan fingerprint density at radius 3 is 2.90 bits per heavy atom. The van der Waals surface area contributed by atoms with Gasteiger partial charge in [-0.2, -0.15) is 0 Å². The Labute approximate surface area is 123 Å². The summed E-state index contributed by atoms with van der Waals surface area (Å²) in [4.78, 5) is 29.4. The molecule has 2 rings (SSSR count). The second-order valence-corrected chi connectivity index (χ2v) is 6.17. The van der Waals surface area contributed by atoms with Gasteiger partial charge in [0.1, 0.15) is 0 Å². The topological polar surface area (TPSA) is 62.3 Å². The van der Waals surface area contributed by atoms with E-state index in [1.165, 1.54) is 11.3 Å². The molecule has 20 heavy (non-hydrogen) atoms. The highest BCUT2D eigenvalue weighted by Crippen LogP contribution is 2.29. The number of carbonyl (C=O) groups is 2. The summed E-state index contributed by atoms with van der Waals surface area (Å²) in [6, 6.07) is 0. The molecule has 1 aromatic heterocycles. The number of hydrogen-bond acceptors (Lipinski definition) is 4. The molecule has 1 aliphatic rings. The van der Waals surface area contributed by atoms with Crippen LogP contribution in [0, 0.1) is 11.8 Å². The van der Waals surface area contributed by atoms with E-state index in [1.807, 2.05) is 10.3 Å². The van der Waals surface area contributed by atoms with Gasteiger partial charge in [0.2, 0.25) is 11.8 Å². The van der Waals surface area contributed by atoms with Crippen LogP contribution < -0.4 is 5.32 Å². The molecule has 1 saturated heterocycles. The van der Waals surface area contributed by atoms with E-state index in [1.54, 1.807) is 13.1 Å². The van der Waals surface area contributed by atoms with Gasteiger partial charge >= 0.3 is 0 Å². The summed E-state index contributed by atoms with van der Waals surface area (Å²) in [5.74, 6) is 0.930. The van der Waals surface area contributed by atoms with Crippen LogP contribution in [0.25, 0.3) is 0 Å². The van der Waals surface area contributed by atoms with Crippen LogP contribution >= 0.6 is 11.3 Å². The summed E-state index contributed by atoms with van der Waals surface area (Å²) in [5.41, 5.74) is 0. The summed E-state index contributed by atoms with van der Waals surface area (Å²) >= 11 is 1.43. The monoisotopic (exact) mass is 295 g/mol. The normalized spacial score (nSPS) is 22.6. The Morgan fingerprint density at radius 1 is 1.50 bits per heavy atom. The molecule has 1 N–H and O–H groups in total. The third-order valence-corrected chi connectivity index (χ3v) is 4.68. The predicted molar refractivity (Wildman–Crippen MR) is 79.5 cm³/mol. The van der Waals surface area contributed by atoms with Crippen molar-refractivity contribution in [3.05, 3.63) is 11.6 Å². The van der Waals surface area contributed by atoms with Crippen molar-refractivity contribution in [1.29, 1.82) is 0 Å². The molecular formula is C14H21N3O2S. The molecule has 110 valence electrons. The predicted octanol–water partition coefficient (Wildman–Crippen LogP) is 2.37. The number of nitrogens with one attached hydrogen (secondary N) is 1. The zero-order chi connectivity index (χ0) is 14.5. The molecular weight excluding hydrogens is 274 g/mol. The van der Waals surface area contributed by atoms with Gasteiger partial charge in [-0.05, 0) is 18.3 Å². The van der Waals surface area contributed by atoms with Crippen molar-refractivity contribution in [2.24, 2.45) is 11.8 Å². The van der Waals surface area contributed by atoms with Crippen molar-refractivity contribution in [2.75, 3.05) is 18.4 Å². The van der Waals surface area contributed by atoms with Gasteiger partial charge in [0, 0.05) is 38.0 Å². The zero-order valence-electron chi connectivity index (χ0n) is 12.0. The van der Waals surface area contributed by atoms with Gasteiger partial charge in [0.15, 0.2) is 5.13 Å². The second kappa shape index (κ2) is 6.83. The van der Waals surface area contributed by atoms with Crippen molar-refractivity contribution in [3.8, 4) is 0 Å². The van der Waals surface area contributed by atoms with Crippen LogP contribution in [-0.2, 0) is 9.59 Å². The molecule has 0 radical (unpaired) electrons. The zero-order valence-corrected chi connectivity index (χ0v) is 12.8. The van der Waals surface area contributed by atoms with Gasteiger partial charge in [-0.1, -0.05) is 13.3 Å². The smallest absolute Gasteiger partial charge is 0.226 e. The Balaban J connectivity index is 1.88. The van der Waals surface area contributed by atoms with E-state index in [0.29, 0.717) is 23.4 Å². The highest BCUT2D eigenvalue weighted by molar-refractivity contribution is 7.13. The van der Waals surface area contributed by atoms with Gasteiger partial charge in [0.05, 0.1) is 0 Å². The molecule has 6 heteroatoms. The van der Waals surface area contributed by atoms with Crippen molar-refractivity contribution in [1.82, 2.24) is 9.88 Å². The Bertz CT molecular complexity index is 461. The SMILES string of the molecule is CC[C@@H]1CN(C(C)=O)CC[C@H]1CC(=O)Nc1nccs1. The maximum Gasteiger partial charge on any atom is 0.226 e. The average Bonchev–Trinajstić information content (AvgIpc) is 2.91. The van der Waals surface area contributed by atoms with E-state index in [4.69, 9.17) is 0 Å². The number of rotatable bonds is 4. The molecule has 0 aromatic carbocycles. The maximum absolute atomic E-state index is 12.0. The molecule has 0 saturated carbocycles. The number of carbonyl (C=O) groups excluding carboxylic acids is 2. The van der Waals surface area contributed by atoms with Gasteiger partial charge in [0.25, 0.3) is 0 Å². The minimum absolute atomic E-state index is 0.0275. The number of piperidine rings is 1. The lowest BCUT2D eigenvalue weighted by Crippen LogP contribution is -2.43. The minimum Gasteiger partial charge on any atom is -0.343 e. The quantitative estimate of drug-likeness (QED) is 0.927. The fraction of sp³-hybridized carbons (Fsp3) is 0.643. The molecule has 0 aliphatic carbocycles. The Kier molecular flexibility index (Phi) is 5.11. The fourth-order valence-corrected chi connectivity index (χ4v) is 3.34. The average molecular weight is 295 g/mol. The third kappa shape index (κ3) is 3.79. The van der Waals surface area contributed by atoms with Crippen LogP contribution in [0.1, 0.15) is 33.1 Å². The molecule has 2 amide bonds. The molecule has 0 unspecified atom stereocenters. The van der Waals surface area contributed by atoms with E-state index < -0.39 is 0 Å². The highest BCUT2D eigenvalue weighted by atomic mass is 32.1. The number of nitrogens with zero attached hydrogens (tertiary/aromatic N) is 2. The number of aromatic nitrogens is 1. The number of likely N-dealkylation sites (tertiary alicyclic amines) is 1. The van der Waals surface area contributed by atoms with Crippen LogP contribution in [-0.4, -0.2) is 34.8 Å². The summed E-state index contributed by atoms with van der Waals surface area (Å²) in [6.45, 7) is 5.28. The molecule has 1 aliphatic heterocycles. The fourth-order valence-electron chi connectivity index (χ4n) is 2.79. The van der Waals surface area contributed by atoms with Gasteiger partial charge < -0.3 is 10.2 Å². The first kappa shape index (κ1) is 15.0. The first-order valence-electron chi connectivity index (χ1n) is 7.05. The van der Waals surface area contributed by atoms with Crippen molar-refractivity contribution >= 4 is 28.3 Å². The van der Waals surface area contributed by atoms with E-state index in [0.717, 1.165) is 25.9 Å².